The Kier molecular flexibility index (Phi) is 6.04. The minimum absolute atomic E-state index is 0.0730. The molecule has 1 amide bonds. The number of carbonyl (C=O) groups is 1. The lowest BCUT2D eigenvalue weighted by molar-refractivity contribution is 0.0858. The van der Waals surface area contributed by atoms with E-state index in [9.17, 15) is 13.2 Å². The number of hydrogen-bond acceptors (Lipinski definition) is 4. The number of rotatable bonds is 6. The lowest BCUT2D eigenvalue weighted by atomic mass is 10.2. The first-order valence-electron chi connectivity index (χ1n) is 8.62. The molecule has 0 bridgehead atoms. The summed E-state index contributed by atoms with van der Waals surface area (Å²) in [5.74, 6) is -0.208. The van der Waals surface area contributed by atoms with Crippen molar-refractivity contribution in [2.75, 3.05) is 24.5 Å². The zero-order valence-electron chi connectivity index (χ0n) is 14.9. The predicted molar refractivity (Wildman–Crippen MR) is 105 cm³/mol. The molecule has 1 fully saturated rings. The summed E-state index contributed by atoms with van der Waals surface area (Å²) in [7, 11) is -2.24. The Morgan fingerprint density at radius 3 is 2.44 bits per heavy atom. The van der Waals surface area contributed by atoms with E-state index in [1.807, 2.05) is 0 Å². The fraction of sp³-hybridized carbons (Fsp3) is 0.316. The van der Waals surface area contributed by atoms with Gasteiger partial charge in [0.2, 0.25) is 0 Å². The number of hydrogen-bond donors (Lipinski definition) is 1. The molecular weight excluding hydrogens is 388 g/mol. The van der Waals surface area contributed by atoms with Crippen molar-refractivity contribution >= 4 is 33.2 Å². The van der Waals surface area contributed by atoms with E-state index in [-0.39, 0.29) is 16.9 Å². The van der Waals surface area contributed by atoms with Crippen molar-refractivity contribution in [2.45, 2.75) is 23.8 Å². The van der Waals surface area contributed by atoms with Crippen LogP contribution in [-0.2, 0) is 14.8 Å². The quantitative estimate of drug-likeness (QED) is 0.796. The molecule has 0 saturated carbocycles. The molecular formula is C19H21ClN2O4S. The van der Waals surface area contributed by atoms with Crippen molar-refractivity contribution in [2.24, 2.45) is 0 Å². The summed E-state index contributed by atoms with van der Waals surface area (Å²) in [5.41, 5.74) is 0.926. The standard InChI is InChI=1S/C19H21ClN2O4S/c1-22(27(24,25)18-10-6-15(20)7-11-18)16-8-4-14(5-9-16)19(23)21-13-17-3-2-12-26-17/h4-11,17H,2-3,12-13H2,1H3,(H,21,23)/t17-/m0/s1. The molecule has 1 aliphatic rings. The van der Waals surface area contributed by atoms with Crippen LogP contribution in [0.2, 0.25) is 5.02 Å². The molecule has 144 valence electrons. The third-order valence-corrected chi connectivity index (χ3v) is 6.53. The number of benzene rings is 2. The summed E-state index contributed by atoms with van der Waals surface area (Å²) < 4.78 is 32.1. The summed E-state index contributed by atoms with van der Waals surface area (Å²) in [6.07, 6.45) is 2.04. The van der Waals surface area contributed by atoms with Gasteiger partial charge in [0.15, 0.2) is 0 Å². The van der Waals surface area contributed by atoms with Gasteiger partial charge in [-0.25, -0.2) is 8.42 Å². The Balaban J connectivity index is 1.68. The van der Waals surface area contributed by atoms with Crippen molar-refractivity contribution < 1.29 is 17.9 Å². The zero-order chi connectivity index (χ0) is 19.4. The van der Waals surface area contributed by atoms with Gasteiger partial charge < -0.3 is 10.1 Å². The Labute approximate surface area is 164 Å². The predicted octanol–water partition coefficient (Wildman–Crippen LogP) is 3.07. The molecule has 0 spiro atoms. The molecule has 0 aromatic heterocycles. The van der Waals surface area contributed by atoms with Gasteiger partial charge in [0, 0.05) is 30.8 Å². The van der Waals surface area contributed by atoms with Crippen LogP contribution < -0.4 is 9.62 Å². The second kappa shape index (κ2) is 8.29. The lowest BCUT2D eigenvalue weighted by Crippen LogP contribution is -2.31. The van der Waals surface area contributed by atoms with Crippen LogP contribution in [0.5, 0.6) is 0 Å². The van der Waals surface area contributed by atoms with Crippen LogP contribution in [0, 0.1) is 0 Å². The van der Waals surface area contributed by atoms with Crippen molar-refractivity contribution in [3.05, 3.63) is 59.1 Å². The fourth-order valence-electron chi connectivity index (χ4n) is 2.84. The van der Waals surface area contributed by atoms with Crippen LogP contribution in [0.1, 0.15) is 23.2 Å². The highest BCUT2D eigenvalue weighted by molar-refractivity contribution is 7.92. The molecule has 2 aromatic carbocycles. The fourth-order valence-corrected chi connectivity index (χ4v) is 4.16. The first-order valence-corrected chi connectivity index (χ1v) is 10.4. The van der Waals surface area contributed by atoms with E-state index in [0.29, 0.717) is 22.8 Å². The average Bonchev–Trinajstić information content (AvgIpc) is 3.19. The van der Waals surface area contributed by atoms with E-state index < -0.39 is 10.0 Å². The number of halogens is 1. The summed E-state index contributed by atoms with van der Waals surface area (Å²) in [5, 5.41) is 3.31. The Morgan fingerprint density at radius 1 is 1.19 bits per heavy atom. The monoisotopic (exact) mass is 408 g/mol. The topological polar surface area (TPSA) is 75.7 Å². The number of ether oxygens (including phenoxy) is 1. The highest BCUT2D eigenvalue weighted by Crippen LogP contribution is 2.23. The molecule has 0 unspecified atom stereocenters. The molecule has 0 aliphatic carbocycles. The van der Waals surface area contributed by atoms with Gasteiger partial charge in [-0.05, 0) is 61.4 Å². The molecule has 3 rings (SSSR count). The molecule has 0 radical (unpaired) electrons. The summed E-state index contributed by atoms with van der Waals surface area (Å²) in [6.45, 7) is 1.22. The average molecular weight is 409 g/mol. The second-order valence-electron chi connectivity index (χ2n) is 6.32. The molecule has 2 aromatic rings. The van der Waals surface area contributed by atoms with Gasteiger partial charge in [-0.15, -0.1) is 0 Å². The lowest BCUT2D eigenvalue weighted by Gasteiger charge is -2.20. The van der Waals surface area contributed by atoms with E-state index in [4.69, 9.17) is 16.3 Å². The van der Waals surface area contributed by atoms with E-state index in [0.717, 1.165) is 19.4 Å². The largest absolute Gasteiger partial charge is 0.376 e. The zero-order valence-corrected chi connectivity index (χ0v) is 16.5. The SMILES string of the molecule is CN(c1ccc(C(=O)NC[C@@H]2CCCO2)cc1)S(=O)(=O)c1ccc(Cl)cc1. The summed E-state index contributed by atoms with van der Waals surface area (Å²) >= 11 is 5.82. The first-order chi connectivity index (χ1) is 12.9. The number of nitrogens with one attached hydrogen (secondary N) is 1. The highest BCUT2D eigenvalue weighted by atomic mass is 35.5. The number of nitrogens with zero attached hydrogens (tertiary/aromatic N) is 1. The van der Waals surface area contributed by atoms with Crippen LogP contribution in [0.15, 0.2) is 53.4 Å². The van der Waals surface area contributed by atoms with E-state index in [1.54, 1.807) is 24.3 Å². The maximum absolute atomic E-state index is 12.7. The van der Waals surface area contributed by atoms with Gasteiger partial charge >= 0.3 is 0 Å². The number of sulfonamides is 1. The second-order valence-corrected chi connectivity index (χ2v) is 8.72. The van der Waals surface area contributed by atoms with E-state index in [2.05, 4.69) is 5.32 Å². The van der Waals surface area contributed by atoms with Crippen molar-refractivity contribution in [1.82, 2.24) is 5.32 Å². The summed E-state index contributed by atoms with van der Waals surface area (Å²) in [4.78, 5) is 12.4. The van der Waals surface area contributed by atoms with E-state index in [1.165, 1.54) is 35.6 Å². The highest BCUT2D eigenvalue weighted by Gasteiger charge is 2.22. The van der Waals surface area contributed by atoms with Crippen molar-refractivity contribution in [1.29, 1.82) is 0 Å². The van der Waals surface area contributed by atoms with Gasteiger partial charge in [0.05, 0.1) is 16.7 Å². The normalized spacial score (nSPS) is 16.9. The molecule has 1 heterocycles. The maximum Gasteiger partial charge on any atom is 0.264 e. The Morgan fingerprint density at radius 2 is 1.85 bits per heavy atom. The van der Waals surface area contributed by atoms with E-state index >= 15 is 0 Å². The minimum Gasteiger partial charge on any atom is -0.376 e. The third-order valence-electron chi connectivity index (χ3n) is 4.48. The summed E-state index contributed by atoms with van der Waals surface area (Å²) in [6, 6.07) is 12.4. The van der Waals surface area contributed by atoms with Gasteiger partial charge in [0.25, 0.3) is 15.9 Å². The van der Waals surface area contributed by atoms with Gasteiger partial charge in [-0.3, -0.25) is 9.10 Å². The van der Waals surface area contributed by atoms with Crippen molar-refractivity contribution in [3.8, 4) is 0 Å². The van der Waals surface area contributed by atoms with Gasteiger partial charge in [-0.1, -0.05) is 11.6 Å². The smallest absolute Gasteiger partial charge is 0.264 e. The van der Waals surface area contributed by atoms with Crippen LogP contribution in [0.4, 0.5) is 5.69 Å². The molecule has 8 heteroatoms. The van der Waals surface area contributed by atoms with Gasteiger partial charge in [-0.2, -0.15) is 0 Å². The molecule has 27 heavy (non-hydrogen) atoms. The molecule has 1 N–H and O–H groups in total. The maximum atomic E-state index is 12.7. The van der Waals surface area contributed by atoms with Crippen molar-refractivity contribution in [3.63, 3.8) is 0 Å². The molecule has 6 nitrogen and oxygen atoms in total. The molecule has 1 saturated heterocycles. The van der Waals surface area contributed by atoms with Crippen LogP contribution >= 0.6 is 11.6 Å². The van der Waals surface area contributed by atoms with Crippen LogP contribution in [0.25, 0.3) is 0 Å². The Hall–Kier alpha value is -2.09. The minimum atomic E-state index is -3.71. The van der Waals surface area contributed by atoms with Crippen LogP contribution in [0.3, 0.4) is 0 Å². The van der Waals surface area contributed by atoms with Crippen LogP contribution in [-0.4, -0.2) is 40.6 Å². The number of anilines is 1. The molecule has 1 atom stereocenters. The Bertz CT molecular complexity index is 892. The number of amides is 1. The van der Waals surface area contributed by atoms with Gasteiger partial charge in [0.1, 0.15) is 0 Å². The first kappa shape index (κ1) is 19.7. The third kappa shape index (κ3) is 4.61. The number of carbonyl (C=O) groups excluding carboxylic acids is 1. The molecule has 1 aliphatic heterocycles.